The maximum absolute atomic E-state index is 13.4. The highest BCUT2D eigenvalue weighted by molar-refractivity contribution is 5.84. The number of likely N-dealkylation sites (tertiary alicyclic amines) is 2. The molecule has 0 radical (unpaired) electrons. The molecule has 2 amide bonds. The van der Waals surface area contributed by atoms with E-state index in [9.17, 15) is 9.59 Å². The Morgan fingerprint density at radius 2 is 1.06 bits per heavy atom. The van der Waals surface area contributed by atoms with Gasteiger partial charge in [0.25, 0.3) is 0 Å². The average molecular weight is 976 g/mol. The predicted molar refractivity (Wildman–Crippen MR) is 290 cm³/mol. The fraction of sp³-hybridized carbons (Fsp3) is 0.541. The second kappa shape index (κ2) is 25.0. The van der Waals surface area contributed by atoms with Gasteiger partial charge in [0.1, 0.15) is 11.6 Å². The van der Waals surface area contributed by atoms with Crippen LogP contribution in [0.3, 0.4) is 0 Å². The van der Waals surface area contributed by atoms with E-state index in [0.29, 0.717) is 42.9 Å². The molecule has 0 saturated carbocycles. The second-order valence-corrected chi connectivity index (χ2v) is 21.5. The molecular weight excluding hydrogens is 895 g/mol. The van der Waals surface area contributed by atoms with E-state index in [0.717, 1.165) is 123 Å². The summed E-state index contributed by atoms with van der Waals surface area (Å²) in [5.41, 5.74) is 14.5. The molecule has 4 heterocycles. The predicted octanol–water partition coefficient (Wildman–Crippen LogP) is 10.5. The molecule has 4 aromatic carbocycles. The maximum Gasteiger partial charge on any atom is 0.224 e. The Bertz CT molecular complexity index is 2560. The van der Waals surface area contributed by atoms with Crippen LogP contribution in [-0.2, 0) is 70.7 Å². The van der Waals surface area contributed by atoms with Crippen LogP contribution in [0.4, 0.5) is 0 Å². The van der Waals surface area contributed by atoms with Crippen molar-refractivity contribution in [3.8, 4) is 0 Å². The van der Waals surface area contributed by atoms with Crippen LogP contribution in [0.15, 0.2) is 84.9 Å². The number of ether oxygens (including phenoxy) is 2. The summed E-state index contributed by atoms with van der Waals surface area (Å²) in [5, 5.41) is 4.99. The van der Waals surface area contributed by atoms with Gasteiger partial charge >= 0.3 is 0 Å². The summed E-state index contributed by atoms with van der Waals surface area (Å²) in [6.07, 6.45) is 18.3. The summed E-state index contributed by atoms with van der Waals surface area (Å²) in [7, 11) is 3.54. The van der Waals surface area contributed by atoms with Crippen molar-refractivity contribution in [3.05, 3.63) is 130 Å². The number of hydrogen-bond acceptors (Lipinski definition) is 7. The van der Waals surface area contributed by atoms with Crippen molar-refractivity contribution in [2.75, 3.05) is 53.6 Å². The van der Waals surface area contributed by atoms with Gasteiger partial charge in [-0.15, -0.1) is 0 Å². The van der Waals surface area contributed by atoms with Crippen LogP contribution in [0.25, 0.3) is 21.5 Å². The fourth-order valence-corrected chi connectivity index (χ4v) is 12.3. The summed E-state index contributed by atoms with van der Waals surface area (Å²) in [6, 6.07) is 29.8. The summed E-state index contributed by atoms with van der Waals surface area (Å²) < 4.78 is 15.6. The molecule has 384 valence electrons. The third kappa shape index (κ3) is 12.9. The Hall–Kier alpha value is -5.36. The van der Waals surface area contributed by atoms with Gasteiger partial charge < -0.3 is 34.1 Å². The molecule has 2 aliphatic heterocycles. The molecular formula is C61H81N7O4. The number of amides is 2. The number of aromatic nitrogens is 4. The molecule has 2 saturated heterocycles. The zero-order chi connectivity index (χ0) is 49.8. The topological polar surface area (TPSA) is 121 Å². The van der Waals surface area contributed by atoms with Crippen LogP contribution in [0, 0.1) is 5.92 Å². The summed E-state index contributed by atoms with van der Waals surface area (Å²) in [4.78, 5) is 41.1. The van der Waals surface area contributed by atoms with E-state index in [-0.39, 0.29) is 11.9 Å². The van der Waals surface area contributed by atoms with Crippen molar-refractivity contribution < 1.29 is 19.1 Å². The monoisotopic (exact) mass is 976 g/mol. The second-order valence-electron chi connectivity index (χ2n) is 21.5. The average Bonchev–Trinajstić information content (AvgIpc) is 3.97. The zero-order valence-electron chi connectivity index (χ0n) is 43.7. The first kappa shape index (κ1) is 51.5. The van der Waals surface area contributed by atoms with Gasteiger partial charge in [0.15, 0.2) is 0 Å². The Kier molecular flexibility index (Phi) is 17.9. The van der Waals surface area contributed by atoms with Crippen molar-refractivity contribution in [1.82, 2.24) is 28.9 Å². The van der Waals surface area contributed by atoms with Crippen LogP contribution >= 0.6 is 0 Å². The molecule has 72 heavy (non-hydrogen) atoms. The number of fused-ring (bicyclic) bond motifs is 4. The number of benzene rings is 4. The smallest absolute Gasteiger partial charge is 0.224 e. The molecule has 0 unspecified atom stereocenters. The standard InChI is InChI=1S/C31H41N3O2.C30H40N4O2/c1-23(19-24-14-15-25-9-3-4-10-26(25)21-24)20-30(35)33-16-7-11-27(22-33)31-32-28-12-5-6-13-29(28)34(31)17-8-18-36-2;1-36-17-7-16-34-28-12-5-4-11-27(28)32-30(34)25-10-6-15-33(21-25)29(35)20-26(31)19-22-13-14-23-8-2-3-9-24(23)18-22/h3-4,9-10,14-15,21,23,27H,5-8,11-13,16-20,22H2,1-2H3;2-3,8-9,13-14,18,25-26H,4-7,10-12,15-17,19-21,31H2,1H3/t23-,27-;25-,26-/m11/s1. The summed E-state index contributed by atoms with van der Waals surface area (Å²) >= 11 is 0. The molecule has 2 N–H and O–H groups in total. The van der Waals surface area contributed by atoms with Gasteiger partial charge in [0.2, 0.25) is 11.8 Å². The molecule has 0 spiro atoms. The number of nitrogens with two attached hydrogens (primary N) is 1. The van der Waals surface area contributed by atoms with Gasteiger partial charge in [0, 0.05) is 109 Å². The molecule has 11 heteroatoms. The Morgan fingerprint density at radius 1 is 0.597 bits per heavy atom. The van der Waals surface area contributed by atoms with Gasteiger partial charge in [-0.2, -0.15) is 0 Å². The molecule has 11 nitrogen and oxygen atoms in total. The lowest BCUT2D eigenvalue weighted by atomic mass is 9.93. The molecule has 2 aliphatic carbocycles. The number of hydrogen-bond donors (Lipinski definition) is 1. The van der Waals surface area contributed by atoms with Crippen LogP contribution in [0.1, 0.15) is 141 Å². The van der Waals surface area contributed by atoms with E-state index < -0.39 is 0 Å². The van der Waals surface area contributed by atoms with Crippen molar-refractivity contribution >= 4 is 33.4 Å². The molecule has 0 bridgehead atoms. The minimum absolute atomic E-state index is 0.176. The minimum Gasteiger partial charge on any atom is -0.385 e. The lowest BCUT2D eigenvalue weighted by Crippen LogP contribution is -2.42. The zero-order valence-corrected chi connectivity index (χ0v) is 43.7. The summed E-state index contributed by atoms with van der Waals surface area (Å²) in [5.74, 6) is 3.85. The van der Waals surface area contributed by atoms with E-state index in [1.54, 1.807) is 14.2 Å². The third-order valence-electron chi connectivity index (χ3n) is 15.9. The highest BCUT2D eigenvalue weighted by Crippen LogP contribution is 2.34. The van der Waals surface area contributed by atoms with E-state index in [1.165, 1.54) is 92.8 Å². The van der Waals surface area contributed by atoms with E-state index in [4.69, 9.17) is 25.2 Å². The number of carbonyl (C=O) groups excluding carboxylic acids is 2. The first-order valence-electron chi connectivity index (χ1n) is 27.6. The Labute approximate surface area is 428 Å². The van der Waals surface area contributed by atoms with Crippen molar-refractivity contribution in [3.63, 3.8) is 0 Å². The molecule has 4 atom stereocenters. The SMILES string of the molecule is COCCCn1c([C@@H]2CCCN(C(=O)C[C@H](C)Cc3ccc4ccccc4c3)C2)nc2c1CCCC2.COCCCn1c([C@@H]2CCCN(C(=O)C[C@H](N)Cc3ccc4ccccc4c3)C2)nc2c1CCCC2. The van der Waals surface area contributed by atoms with Gasteiger partial charge in [-0.05, 0) is 141 Å². The number of carbonyl (C=O) groups is 2. The highest BCUT2D eigenvalue weighted by Gasteiger charge is 2.33. The quantitative estimate of drug-likeness (QED) is 0.0852. The molecule has 10 rings (SSSR count). The third-order valence-corrected chi connectivity index (χ3v) is 15.9. The molecule has 2 aromatic heterocycles. The van der Waals surface area contributed by atoms with Crippen LogP contribution < -0.4 is 5.73 Å². The van der Waals surface area contributed by atoms with E-state index >= 15 is 0 Å². The van der Waals surface area contributed by atoms with Crippen molar-refractivity contribution in [2.24, 2.45) is 11.7 Å². The first-order valence-corrected chi connectivity index (χ1v) is 27.6. The number of aryl methyl sites for hydroxylation is 2. The van der Waals surface area contributed by atoms with Gasteiger partial charge in [-0.1, -0.05) is 91.9 Å². The number of imidazole rings is 2. The largest absolute Gasteiger partial charge is 0.385 e. The van der Waals surface area contributed by atoms with E-state index in [2.05, 4.69) is 106 Å². The number of piperidine rings is 2. The number of nitrogens with zero attached hydrogens (tertiary/aromatic N) is 6. The number of rotatable bonds is 18. The molecule has 2 fully saturated rings. The van der Waals surface area contributed by atoms with Gasteiger partial charge in [-0.25, -0.2) is 9.97 Å². The van der Waals surface area contributed by atoms with Crippen molar-refractivity contribution in [1.29, 1.82) is 0 Å². The lowest BCUT2D eigenvalue weighted by Gasteiger charge is -2.33. The van der Waals surface area contributed by atoms with Crippen LogP contribution in [0.2, 0.25) is 0 Å². The first-order chi connectivity index (χ1) is 35.2. The Morgan fingerprint density at radius 3 is 1.56 bits per heavy atom. The highest BCUT2D eigenvalue weighted by atomic mass is 16.5. The fourth-order valence-electron chi connectivity index (χ4n) is 12.3. The van der Waals surface area contributed by atoms with Crippen LogP contribution in [0.5, 0.6) is 0 Å². The maximum atomic E-state index is 13.4. The lowest BCUT2D eigenvalue weighted by molar-refractivity contribution is -0.133. The van der Waals surface area contributed by atoms with Gasteiger partial charge in [0.05, 0.1) is 11.4 Å². The van der Waals surface area contributed by atoms with E-state index in [1.807, 2.05) is 4.90 Å². The number of methoxy groups -OCH3 is 2. The van der Waals surface area contributed by atoms with Gasteiger partial charge in [-0.3, -0.25) is 9.59 Å². The Balaban J connectivity index is 0.000000178. The minimum atomic E-state index is -0.178. The normalized spacial score (nSPS) is 18.8. The summed E-state index contributed by atoms with van der Waals surface area (Å²) in [6.45, 7) is 8.93. The van der Waals surface area contributed by atoms with Crippen LogP contribution in [-0.4, -0.2) is 100 Å². The molecule has 6 aromatic rings. The molecule has 4 aliphatic rings. The van der Waals surface area contributed by atoms with Crippen molar-refractivity contribution in [2.45, 2.75) is 153 Å².